The number of benzene rings is 1. The topological polar surface area (TPSA) is 72.9 Å². The van der Waals surface area contributed by atoms with Crippen LogP contribution < -0.4 is 0 Å². The first-order chi connectivity index (χ1) is 12.8. The van der Waals surface area contributed by atoms with Gasteiger partial charge in [0.2, 0.25) is 0 Å². The number of ether oxygens (including phenoxy) is 2. The van der Waals surface area contributed by atoms with Gasteiger partial charge >= 0.3 is 5.97 Å². The second-order valence-electron chi connectivity index (χ2n) is 7.95. The van der Waals surface area contributed by atoms with Crippen molar-refractivity contribution in [2.45, 2.75) is 70.6 Å². The monoisotopic (exact) mass is 373 g/mol. The fraction of sp³-hybridized carbons (Fsp3) is 0.571. The van der Waals surface area contributed by atoms with Crippen LogP contribution in [-0.2, 0) is 14.3 Å². The van der Waals surface area contributed by atoms with Crippen molar-refractivity contribution >= 4 is 17.8 Å². The molecule has 6 nitrogen and oxygen atoms in total. The van der Waals surface area contributed by atoms with Crippen LogP contribution in [-0.4, -0.2) is 47.0 Å². The molecular formula is C21H27NO5. The molecule has 0 saturated heterocycles. The number of esters is 1. The molecule has 146 valence electrons. The van der Waals surface area contributed by atoms with Crippen LogP contribution in [0.1, 0.15) is 73.6 Å². The Morgan fingerprint density at radius 1 is 1.11 bits per heavy atom. The fourth-order valence-corrected chi connectivity index (χ4v) is 3.64. The van der Waals surface area contributed by atoms with Crippen LogP contribution in [0.2, 0.25) is 0 Å². The minimum atomic E-state index is -0.882. The number of hydrogen-bond acceptors (Lipinski definition) is 5. The third kappa shape index (κ3) is 4.05. The van der Waals surface area contributed by atoms with Crippen molar-refractivity contribution in [3.05, 3.63) is 35.4 Å². The highest BCUT2D eigenvalue weighted by Gasteiger charge is 2.44. The summed E-state index contributed by atoms with van der Waals surface area (Å²) in [5.74, 6) is -1.05. The van der Waals surface area contributed by atoms with Gasteiger partial charge in [-0.1, -0.05) is 18.6 Å². The van der Waals surface area contributed by atoms with Crippen LogP contribution in [0.4, 0.5) is 0 Å². The molecule has 1 unspecified atom stereocenters. The smallest absolute Gasteiger partial charge is 0.335 e. The molecule has 1 atom stereocenters. The van der Waals surface area contributed by atoms with Gasteiger partial charge in [-0.25, -0.2) is 4.79 Å². The predicted octanol–water partition coefficient (Wildman–Crippen LogP) is 3.34. The van der Waals surface area contributed by atoms with Gasteiger partial charge in [0, 0.05) is 0 Å². The van der Waals surface area contributed by atoms with Gasteiger partial charge in [-0.3, -0.25) is 14.5 Å². The molecule has 1 heterocycles. The largest absolute Gasteiger partial charge is 0.460 e. The molecule has 3 rings (SSSR count). The molecule has 6 heteroatoms. The molecule has 1 aromatic carbocycles. The number of carbonyl (C=O) groups is 3. The van der Waals surface area contributed by atoms with Crippen LogP contribution in [0, 0.1) is 0 Å². The third-order valence-electron chi connectivity index (χ3n) is 5.25. The van der Waals surface area contributed by atoms with Gasteiger partial charge in [0.25, 0.3) is 11.8 Å². The average Bonchev–Trinajstić information content (AvgIpc) is 2.92. The summed E-state index contributed by atoms with van der Waals surface area (Å²) in [6.45, 7) is 5.21. The Bertz CT molecular complexity index is 701. The zero-order valence-electron chi connectivity index (χ0n) is 16.2. The summed E-state index contributed by atoms with van der Waals surface area (Å²) < 4.78 is 11.2. The van der Waals surface area contributed by atoms with E-state index in [4.69, 9.17) is 9.47 Å². The van der Waals surface area contributed by atoms with Crippen molar-refractivity contribution in [2.24, 2.45) is 0 Å². The molecule has 0 spiro atoms. The van der Waals surface area contributed by atoms with Crippen LogP contribution in [0.3, 0.4) is 0 Å². The minimum absolute atomic E-state index is 0.0263. The van der Waals surface area contributed by atoms with Crippen molar-refractivity contribution in [3.63, 3.8) is 0 Å². The zero-order valence-corrected chi connectivity index (χ0v) is 16.2. The summed E-state index contributed by atoms with van der Waals surface area (Å²) in [6, 6.07) is 6.77. The maximum atomic E-state index is 12.7. The Kier molecular flexibility index (Phi) is 5.65. The van der Waals surface area contributed by atoms with E-state index in [-0.39, 0.29) is 30.5 Å². The van der Waals surface area contributed by atoms with E-state index in [1.54, 1.807) is 45.0 Å². The van der Waals surface area contributed by atoms with Crippen molar-refractivity contribution < 1.29 is 23.9 Å². The molecule has 2 aliphatic rings. The van der Waals surface area contributed by atoms with Crippen LogP contribution >= 0.6 is 0 Å². The minimum Gasteiger partial charge on any atom is -0.460 e. The summed E-state index contributed by atoms with van der Waals surface area (Å²) in [5, 5.41) is 0. The molecule has 1 aliphatic carbocycles. The second-order valence-corrected chi connectivity index (χ2v) is 7.95. The first-order valence-electron chi connectivity index (χ1n) is 9.61. The van der Waals surface area contributed by atoms with E-state index in [9.17, 15) is 14.4 Å². The van der Waals surface area contributed by atoms with Gasteiger partial charge < -0.3 is 9.47 Å². The molecule has 0 aromatic heterocycles. The van der Waals surface area contributed by atoms with Gasteiger partial charge in [-0.15, -0.1) is 0 Å². The first kappa shape index (κ1) is 19.5. The molecule has 1 fully saturated rings. The number of fused-ring (bicyclic) bond motifs is 1. The molecule has 0 N–H and O–H groups in total. The second kappa shape index (κ2) is 7.80. The van der Waals surface area contributed by atoms with Crippen LogP contribution in [0.25, 0.3) is 0 Å². The Balaban J connectivity index is 1.59. The molecule has 1 saturated carbocycles. The number of rotatable bonds is 6. The molecule has 2 amide bonds. The van der Waals surface area contributed by atoms with Gasteiger partial charge in [0.1, 0.15) is 6.10 Å². The van der Waals surface area contributed by atoms with Crippen LogP contribution in [0.5, 0.6) is 0 Å². The van der Waals surface area contributed by atoms with E-state index < -0.39 is 11.6 Å². The summed E-state index contributed by atoms with van der Waals surface area (Å²) in [5.41, 5.74) is -0.0762. The average molecular weight is 373 g/mol. The van der Waals surface area contributed by atoms with Crippen molar-refractivity contribution in [1.29, 1.82) is 0 Å². The highest BCUT2D eigenvalue weighted by molar-refractivity contribution is 6.21. The number of nitrogens with zero attached hydrogens (tertiary/aromatic N) is 1. The van der Waals surface area contributed by atoms with Gasteiger partial charge in [0.05, 0.1) is 23.3 Å². The summed E-state index contributed by atoms with van der Waals surface area (Å²) in [4.78, 5) is 38.8. The first-order valence-corrected chi connectivity index (χ1v) is 9.61. The molecule has 0 radical (unpaired) electrons. The third-order valence-corrected chi connectivity index (χ3v) is 5.25. The van der Waals surface area contributed by atoms with E-state index in [0.717, 1.165) is 25.7 Å². The number of amides is 2. The van der Waals surface area contributed by atoms with Crippen molar-refractivity contribution in [1.82, 2.24) is 4.90 Å². The van der Waals surface area contributed by atoms with Crippen molar-refractivity contribution in [3.8, 4) is 0 Å². The maximum absolute atomic E-state index is 12.7. The SMILES string of the molecule is CC(OCC(C)(C)N1C(=O)c2ccccc2C1=O)C(=O)OC1CCCCC1. The van der Waals surface area contributed by atoms with E-state index >= 15 is 0 Å². The van der Waals surface area contributed by atoms with Gasteiger partial charge in [-0.2, -0.15) is 0 Å². The normalized spacial score (nSPS) is 19.1. The fourth-order valence-electron chi connectivity index (χ4n) is 3.64. The zero-order chi connectivity index (χ0) is 19.6. The lowest BCUT2D eigenvalue weighted by Gasteiger charge is -2.34. The molecule has 0 bridgehead atoms. The molecule has 1 aromatic rings. The van der Waals surface area contributed by atoms with E-state index in [1.807, 2.05) is 0 Å². The quantitative estimate of drug-likeness (QED) is 0.565. The number of hydrogen-bond donors (Lipinski definition) is 0. The number of imide groups is 1. The Hall–Kier alpha value is -2.21. The van der Waals surface area contributed by atoms with E-state index in [0.29, 0.717) is 11.1 Å². The number of carbonyl (C=O) groups excluding carboxylic acids is 3. The molecule has 27 heavy (non-hydrogen) atoms. The summed E-state index contributed by atoms with van der Waals surface area (Å²) >= 11 is 0. The molecule has 1 aliphatic heterocycles. The van der Waals surface area contributed by atoms with E-state index in [2.05, 4.69) is 0 Å². The Morgan fingerprint density at radius 2 is 1.67 bits per heavy atom. The van der Waals surface area contributed by atoms with E-state index in [1.165, 1.54) is 11.3 Å². The van der Waals surface area contributed by atoms with Gasteiger partial charge in [0.15, 0.2) is 6.10 Å². The lowest BCUT2D eigenvalue weighted by molar-refractivity contribution is -0.164. The Morgan fingerprint density at radius 3 is 2.22 bits per heavy atom. The lowest BCUT2D eigenvalue weighted by Crippen LogP contribution is -2.51. The predicted molar refractivity (Wildman–Crippen MR) is 99.4 cm³/mol. The van der Waals surface area contributed by atoms with Crippen LogP contribution in [0.15, 0.2) is 24.3 Å². The lowest BCUT2D eigenvalue weighted by atomic mass is 9.98. The maximum Gasteiger partial charge on any atom is 0.335 e. The Labute approximate surface area is 159 Å². The highest BCUT2D eigenvalue weighted by atomic mass is 16.6. The van der Waals surface area contributed by atoms with Crippen molar-refractivity contribution in [2.75, 3.05) is 6.61 Å². The molecular weight excluding hydrogens is 346 g/mol. The summed E-state index contributed by atoms with van der Waals surface area (Å²) in [6.07, 6.45) is 4.38. The van der Waals surface area contributed by atoms with Gasteiger partial charge in [-0.05, 0) is 58.6 Å². The standard InChI is InChI=1S/C21H27NO5/c1-14(20(25)27-15-9-5-4-6-10-15)26-13-21(2,3)22-18(23)16-11-7-8-12-17(16)19(22)24/h7-8,11-12,14-15H,4-6,9-10,13H2,1-3H3. The highest BCUT2D eigenvalue weighted by Crippen LogP contribution is 2.30. The summed E-state index contributed by atoms with van der Waals surface area (Å²) in [7, 11) is 0.